The van der Waals surface area contributed by atoms with E-state index in [1.165, 1.54) is 0 Å². The number of rotatable bonds is 8. The number of unbranched alkanes of at least 4 members (excludes halogenated alkanes) is 1. The lowest BCUT2D eigenvalue weighted by atomic mass is 9.99. The zero-order valence-electron chi connectivity index (χ0n) is 17.0. The van der Waals surface area contributed by atoms with Gasteiger partial charge in [0.1, 0.15) is 22.9 Å². The Labute approximate surface area is 184 Å². The molecule has 0 aliphatic carbocycles. The lowest BCUT2D eigenvalue weighted by molar-refractivity contribution is -0.189. The first-order valence-corrected chi connectivity index (χ1v) is 9.90. The highest BCUT2D eigenvalue weighted by Gasteiger charge is 2.41. The summed E-state index contributed by atoms with van der Waals surface area (Å²) in [5.74, 6) is -3.85. The third-order valence-corrected chi connectivity index (χ3v) is 4.90. The van der Waals surface area contributed by atoms with Crippen LogP contribution in [0.15, 0.2) is 60.7 Å². The van der Waals surface area contributed by atoms with Gasteiger partial charge in [0, 0.05) is 0 Å². The molecular formula is C24H18F8O. The standard InChI is InChI=1S/C24H18F8O/c25-12-2-1-3-15-4-6-16(7-5-15)17-13-20(26)22(21(27)14-17)24(31,32)33-19-10-8-18(9-11-19)23(28,29)30/h4-11,13-14H,1-3,12H2. The molecule has 0 fully saturated rings. The van der Waals surface area contributed by atoms with E-state index in [1.807, 2.05) is 0 Å². The van der Waals surface area contributed by atoms with Crippen LogP contribution in [-0.4, -0.2) is 6.67 Å². The quantitative estimate of drug-likeness (QED) is 0.237. The fourth-order valence-corrected chi connectivity index (χ4v) is 3.22. The van der Waals surface area contributed by atoms with Gasteiger partial charge < -0.3 is 4.74 Å². The molecule has 0 spiro atoms. The fourth-order valence-electron chi connectivity index (χ4n) is 3.22. The SMILES string of the molecule is FCCCCc1ccc(-c2cc(F)c(C(F)(F)Oc3ccc(C(F)(F)F)cc3)c(F)c2)cc1. The molecule has 33 heavy (non-hydrogen) atoms. The predicted octanol–water partition coefficient (Wildman–Crippen LogP) is 8.07. The minimum Gasteiger partial charge on any atom is -0.429 e. The minimum absolute atomic E-state index is 0.00869. The molecule has 0 unspecified atom stereocenters. The van der Waals surface area contributed by atoms with Crippen molar-refractivity contribution in [2.45, 2.75) is 31.5 Å². The van der Waals surface area contributed by atoms with Crippen LogP contribution in [0.4, 0.5) is 35.1 Å². The zero-order chi connectivity index (χ0) is 24.2. The lowest BCUT2D eigenvalue weighted by Gasteiger charge is -2.20. The van der Waals surface area contributed by atoms with E-state index in [0.717, 1.165) is 17.7 Å². The Morgan fingerprint density at radius 2 is 1.27 bits per heavy atom. The summed E-state index contributed by atoms with van der Waals surface area (Å²) in [5, 5.41) is 0. The number of hydrogen-bond acceptors (Lipinski definition) is 1. The summed E-state index contributed by atoms with van der Waals surface area (Å²) < 4.78 is 112. The van der Waals surface area contributed by atoms with Crippen LogP contribution >= 0.6 is 0 Å². The summed E-state index contributed by atoms with van der Waals surface area (Å²) in [4.78, 5) is 0. The Morgan fingerprint density at radius 3 is 1.79 bits per heavy atom. The van der Waals surface area contributed by atoms with Gasteiger partial charge in [-0.1, -0.05) is 24.3 Å². The average molecular weight is 474 g/mol. The molecule has 0 atom stereocenters. The monoisotopic (exact) mass is 474 g/mol. The smallest absolute Gasteiger partial charge is 0.429 e. The van der Waals surface area contributed by atoms with Gasteiger partial charge in [-0.25, -0.2) is 8.78 Å². The second-order valence-corrected chi connectivity index (χ2v) is 7.30. The first-order valence-electron chi connectivity index (χ1n) is 9.90. The van der Waals surface area contributed by atoms with Gasteiger partial charge in [-0.15, -0.1) is 0 Å². The molecule has 0 heterocycles. The third-order valence-electron chi connectivity index (χ3n) is 4.90. The minimum atomic E-state index is -4.68. The summed E-state index contributed by atoms with van der Waals surface area (Å²) in [6, 6.07) is 10.3. The van der Waals surface area contributed by atoms with E-state index in [2.05, 4.69) is 4.74 Å². The topological polar surface area (TPSA) is 9.23 Å². The van der Waals surface area contributed by atoms with Crippen LogP contribution in [0.1, 0.15) is 29.5 Å². The van der Waals surface area contributed by atoms with Gasteiger partial charge in [0.25, 0.3) is 0 Å². The number of halogens is 8. The van der Waals surface area contributed by atoms with Gasteiger partial charge >= 0.3 is 12.3 Å². The van der Waals surface area contributed by atoms with Crippen molar-refractivity contribution in [1.82, 2.24) is 0 Å². The second kappa shape index (κ2) is 9.80. The summed E-state index contributed by atoms with van der Waals surface area (Å²) >= 11 is 0. The molecule has 0 amide bonds. The Balaban J connectivity index is 1.81. The Hall–Kier alpha value is -3.10. The molecule has 0 saturated heterocycles. The Bertz CT molecular complexity index is 1050. The van der Waals surface area contributed by atoms with E-state index in [-0.39, 0.29) is 5.56 Å². The molecule has 0 aliphatic heterocycles. The summed E-state index contributed by atoms with van der Waals surface area (Å²) in [6.07, 6.45) is -7.47. The van der Waals surface area contributed by atoms with Gasteiger partial charge in [-0.05, 0) is 72.4 Å². The van der Waals surface area contributed by atoms with Gasteiger partial charge in [0.15, 0.2) is 0 Å². The maximum absolute atomic E-state index is 14.5. The van der Waals surface area contributed by atoms with Gasteiger partial charge in [-0.2, -0.15) is 22.0 Å². The van der Waals surface area contributed by atoms with Crippen molar-refractivity contribution >= 4 is 0 Å². The third kappa shape index (κ3) is 6.03. The van der Waals surface area contributed by atoms with Crippen molar-refractivity contribution in [3.63, 3.8) is 0 Å². The molecule has 0 aromatic heterocycles. The van der Waals surface area contributed by atoms with E-state index in [0.29, 0.717) is 49.1 Å². The Morgan fingerprint density at radius 1 is 0.697 bits per heavy atom. The van der Waals surface area contributed by atoms with Crippen LogP contribution < -0.4 is 4.74 Å². The van der Waals surface area contributed by atoms with Crippen molar-refractivity contribution in [2.75, 3.05) is 6.67 Å². The van der Waals surface area contributed by atoms with Crippen LogP contribution in [0, 0.1) is 11.6 Å². The largest absolute Gasteiger partial charge is 0.432 e. The highest BCUT2D eigenvalue weighted by Crippen LogP contribution is 2.38. The normalized spacial score (nSPS) is 12.1. The number of ether oxygens (including phenoxy) is 1. The highest BCUT2D eigenvalue weighted by molar-refractivity contribution is 5.64. The molecule has 1 nitrogen and oxygen atoms in total. The highest BCUT2D eigenvalue weighted by atomic mass is 19.4. The number of benzene rings is 3. The number of alkyl halides is 6. The summed E-state index contributed by atoms with van der Waals surface area (Å²) in [7, 11) is 0. The molecule has 0 aliphatic rings. The molecule has 0 saturated carbocycles. The van der Waals surface area contributed by atoms with Gasteiger partial charge in [-0.3, -0.25) is 4.39 Å². The van der Waals surface area contributed by atoms with E-state index < -0.39 is 47.5 Å². The molecule has 3 aromatic rings. The maximum atomic E-state index is 14.5. The summed E-state index contributed by atoms with van der Waals surface area (Å²) in [5.41, 5.74) is -1.47. The number of aryl methyl sites for hydroxylation is 1. The lowest BCUT2D eigenvalue weighted by Crippen LogP contribution is -2.25. The first-order chi connectivity index (χ1) is 15.5. The van der Waals surface area contributed by atoms with E-state index in [9.17, 15) is 35.1 Å². The molecule has 3 rings (SSSR count). The van der Waals surface area contributed by atoms with Crippen molar-refractivity contribution in [3.8, 4) is 16.9 Å². The summed E-state index contributed by atoms with van der Waals surface area (Å²) in [6.45, 7) is -0.420. The molecule has 176 valence electrons. The van der Waals surface area contributed by atoms with Crippen molar-refractivity contribution < 1.29 is 39.9 Å². The van der Waals surface area contributed by atoms with E-state index in [1.54, 1.807) is 24.3 Å². The Kier molecular flexibility index (Phi) is 7.29. The average Bonchev–Trinajstić information content (AvgIpc) is 2.73. The maximum Gasteiger partial charge on any atom is 0.432 e. The molecule has 3 aromatic carbocycles. The van der Waals surface area contributed by atoms with Crippen molar-refractivity contribution in [3.05, 3.63) is 89.0 Å². The van der Waals surface area contributed by atoms with Crippen LogP contribution in [-0.2, 0) is 18.7 Å². The molecule has 0 radical (unpaired) electrons. The second-order valence-electron chi connectivity index (χ2n) is 7.30. The van der Waals surface area contributed by atoms with Gasteiger partial charge in [0.2, 0.25) is 0 Å². The van der Waals surface area contributed by atoms with Gasteiger partial charge in [0.05, 0.1) is 12.2 Å². The van der Waals surface area contributed by atoms with E-state index in [4.69, 9.17) is 0 Å². The van der Waals surface area contributed by atoms with Crippen LogP contribution in [0.25, 0.3) is 11.1 Å². The molecular weight excluding hydrogens is 456 g/mol. The number of hydrogen-bond donors (Lipinski definition) is 0. The fraction of sp³-hybridized carbons (Fsp3) is 0.250. The van der Waals surface area contributed by atoms with Crippen molar-refractivity contribution in [2.24, 2.45) is 0 Å². The molecule has 0 N–H and O–H groups in total. The van der Waals surface area contributed by atoms with Crippen molar-refractivity contribution in [1.29, 1.82) is 0 Å². The molecule has 0 bridgehead atoms. The van der Waals surface area contributed by atoms with Crippen LogP contribution in [0.5, 0.6) is 5.75 Å². The predicted molar refractivity (Wildman–Crippen MR) is 107 cm³/mol. The molecule has 9 heteroatoms. The van der Waals surface area contributed by atoms with E-state index >= 15 is 0 Å². The van der Waals surface area contributed by atoms with Crippen LogP contribution in [0.3, 0.4) is 0 Å². The van der Waals surface area contributed by atoms with Crippen LogP contribution in [0.2, 0.25) is 0 Å². The first kappa shape index (κ1) is 24.5. The zero-order valence-corrected chi connectivity index (χ0v) is 17.0.